The van der Waals surface area contributed by atoms with Crippen LogP contribution in [0.4, 0.5) is 0 Å². The minimum atomic E-state index is -4.06. The zero-order chi connectivity index (χ0) is 21.8. The van der Waals surface area contributed by atoms with E-state index in [4.69, 9.17) is 14.0 Å². The van der Waals surface area contributed by atoms with Gasteiger partial charge in [-0.1, -0.05) is 77.6 Å². The summed E-state index contributed by atoms with van der Waals surface area (Å²) in [6.07, 6.45) is 16.7. The second-order valence-corrected chi connectivity index (χ2v) is 8.77. The summed E-state index contributed by atoms with van der Waals surface area (Å²) in [4.78, 5) is 22.8. The summed E-state index contributed by atoms with van der Waals surface area (Å²) in [5.41, 5.74) is 0. The molecule has 30 heavy (non-hydrogen) atoms. The summed E-state index contributed by atoms with van der Waals surface area (Å²) in [7, 11) is -4.06. The topological polar surface area (TPSA) is 107 Å². The Hall–Kier alpha value is -0.410. The molecule has 0 aromatic carbocycles. The minimum absolute atomic E-state index is 0. The maximum absolute atomic E-state index is 11.5. The van der Waals surface area contributed by atoms with Gasteiger partial charge in [0.05, 0.1) is 19.0 Å². The zero-order valence-corrected chi connectivity index (χ0v) is 18.6. The molecule has 9 heteroatoms. The summed E-state index contributed by atoms with van der Waals surface area (Å²) in [6.45, 7) is 2.40. The van der Waals surface area contributed by atoms with Crippen LogP contribution < -0.4 is 0 Å². The molecule has 0 fully saturated rings. The van der Waals surface area contributed by atoms with Gasteiger partial charge < -0.3 is 9.47 Å². The van der Waals surface area contributed by atoms with Crippen LogP contribution in [0.15, 0.2) is 12.2 Å². The normalized spacial score (nSPS) is 11.3. The Morgan fingerprint density at radius 1 is 0.700 bits per heavy atom. The Balaban J connectivity index is 0. The molecular weight excluding hydrogens is 419 g/mol. The summed E-state index contributed by atoms with van der Waals surface area (Å²) in [5, 5.41) is 0. The molecule has 172 valence electrons. The molecule has 0 aromatic heterocycles. The molecule has 0 saturated heterocycles. The molecule has 0 heterocycles. The van der Waals surface area contributed by atoms with Crippen molar-refractivity contribution in [2.45, 2.75) is 90.4 Å². The van der Waals surface area contributed by atoms with Crippen LogP contribution >= 0.6 is 0 Å². The first-order valence-corrected chi connectivity index (χ1v) is 12.4. The quantitative estimate of drug-likeness (QED) is 0.103. The molecule has 0 aliphatic rings. The molecule has 1 N–H and O–H groups in total. The second kappa shape index (κ2) is 21.8. The molecule has 0 radical (unpaired) electrons. The summed E-state index contributed by atoms with van der Waals surface area (Å²) in [6, 6.07) is 0. The fraction of sp³-hybridized carbons (Fsp3) is 0.810. The number of rotatable bonds is 19. The maximum atomic E-state index is 11.5. The van der Waals surface area contributed by atoms with Gasteiger partial charge in [0.2, 0.25) is 0 Å². The Kier molecular flexibility index (Phi) is 23.1. The zero-order valence-electron chi connectivity index (χ0n) is 17.8. The average Bonchev–Trinajstić information content (AvgIpc) is 2.66. The SMILES string of the molecule is CCCCCCCCCCCCCCOC(=O)C=CC(=O)OCCCS(=O)(=O)O.[NaH]. The fourth-order valence-corrected chi connectivity index (χ4v) is 3.24. The van der Waals surface area contributed by atoms with E-state index in [-0.39, 0.29) is 42.6 Å². The molecule has 0 aliphatic heterocycles. The number of carbonyl (C=O) groups is 2. The van der Waals surface area contributed by atoms with E-state index in [2.05, 4.69) is 6.92 Å². The van der Waals surface area contributed by atoms with Crippen LogP contribution in [-0.4, -0.2) is 73.4 Å². The second-order valence-electron chi connectivity index (χ2n) is 7.20. The van der Waals surface area contributed by atoms with Gasteiger partial charge in [-0.05, 0) is 12.8 Å². The van der Waals surface area contributed by atoms with Gasteiger partial charge in [0.25, 0.3) is 10.1 Å². The van der Waals surface area contributed by atoms with Crippen molar-refractivity contribution < 1.29 is 32.0 Å². The van der Waals surface area contributed by atoms with E-state index < -0.39 is 27.8 Å². The summed E-state index contributed by atoms with van der Waals surface area (Å²) < 4.78 is 39.2. The first kappa shape index (κ1) is 31.8. The van der Waals surface area contributed by atoms with Gasteiger partial charge in [0.1, 0.15) is 0 Å². The molecule has 0 bridgehead atoms. The molecule has 0 atom stereocenters. The number of hydrogen-bond acceptors (Lipinski definition) is 6. The monoisotopic (exact) mass is 458 g/mol. The molecule has 0 aliphatic carbocycles. The van der Waals surface area contributed by atoms with Crippen molar-refractivity contribution in [2.24, 2.45) is 0 Å². The molecular formula is C21H39NaO7S. The van der Waals surface area contributed by atoms with Crippen molar-refractivity contribution in [3.8, 4) is 0 Å². The van der Waals surface area contributed by atoms with Crippen LogP contribution in [0.3, 0.4) is 0 Å². The Morgan fingerprint density at radius 2 is 1.07 bits per heavy atom. The Labute approximate surface area is 204 Å². The number of carbonyl (C=O) groups excluding carboxylic acids is 2. The predicted octanol–water partition coefficient (Wildman–Crippen LogP) is 3.96. The van der Waals surface area contributed by atoms with Gasteiger partial charge in [-0.2, -0.15) is 8.42 Å². The van der Waals surface area contributed by atoms with E-state index in [0.717, 1.165) is 31.4 Å². The van der Waals surface area contributed by atoms with Gasteiger partial charge in [-0.3, -0.25) is 4.55 Å². The number of ether oxygens (including phenoxy) is 2. The van der Waals surface area contributed by atoms with Crippen LogP contribution in [-0.2, 0) is 29.2 Å². The Bertz CT molecular complexity index is 562. The van der Waals surface area contributed by atoms with Crippen LogP contribution in [0.2, 0.25) is 0 Å². The summed E-state index contributed by atoms with van der Waals surface area (Å²) in [5.74, 6) is -1.85. The van der Waals surface area contributed by atoms with Gasteiger partial charge in [0, 0.05) is 12.2 Å². The molecule has 0 spiro atoms. The third-order valence-electron chi connectivity index (χ3n) is 4.39. The number of esters is 2. The first-order chi connectivity index (χ1) is 13.8. The molecule has 7 nitrogen and oxygen atoms in total. The van der Waals surface area contributed by atoms with Crippen molar-refractivity contribution in [3.05, 3.63) is 12.2 Å². The van der Waals surface area contributed by atoms with Crippen LogP contribution in [0.5, 0.6) is 0 Å². The van der Waals surface area contributed by atoms with Crippen LogP contribution in [0.1, 0.15) is 90.4 Å². The van der Waals surface area contributed by atoms with E-state index >= 15 is 0 Å². The van der Waals surface area contributed by atoms with E-state index in [9.17, 15) is 18.0 Å². The van der Waals surface area contributed by atoms with E-state index in [0.29, 0.717) is 6.61 Å². The standard InChI is InChI=1S/C21H38O7S.Na.H/c1-2-3-4-5-6-7-8-9-10-11-12-13-17-27-20(22)15-16-21(23)28-18-14-19-29(24,25)26;;/h15-16H,2-14,17-19H2,1H3,(H,24,25,26);;. The first-order valence-electron chi connectivity index (χ1n) is 10.8. The molecule has 0 amide bonds. The molecule has 0 unspecified atom stereocenters. The Morgan fingerprint density at radius 3 is 1.47 bits per heavy atom. The molecule has 0 rings (SSSR count). The summed E-state index contributed by atoms with van der Waals surface area (Å²) >= 11 is 0. The van der Waals surface area contributed by atoms with Crippen molar-refractivity contribution in [1.29, 1.82) is 0 Å². The molecule has 0 saturated carbocycles. The van der Waals surface area contributed by atoms with Crippen molar-refractivity contribution in [2.75, 3.05) is 19.0 Å². The van der Waals surface area contributed by atoms with Crippen LogP contribution in [0, 0.1) is 0 Å². The predicted molar refractivity (Wildman–Crippen MR) is 120 cm³/mol. The van der Waals surface area contributed by atoms with E-state index in [1.54, 1.807) is 0 Å². The van der Waals surface area contributed by atoms with E-state index in [1.807, 2.05) is 0 Å². The van der Waals surface area contributed by atoms with Crippen molar-refractivity contribution >= 4 is 51.6 Å². The third kappa shape index (κ3) is 25.6. The average molecular weight is 459 g/mol. The van der Waals surface area contributed by atoms with Gasteiger partial charge in [-0.15, -0.1) is 0 Å². The van der Waals surface area contributed by atoms with Gasteiger partial charge >= 0.3 is 41.5 Å². The van der Waals surface area contributed by atoms with Crippen molar-refractivity contribution in [3.63, 3.8) is 0 Å². The van der Waals surface area contributed by atoms with E-state index in [1.165, 1.54) is 57.8 Å². The van der Waals surface area contributed by atoms with Crippen molar-refractivity contribution in [1.82, 2.24) is 0 Å². The molecule has 0 aromatic rings. The third-order valence-corrected chi connectivity index (χ3v) is 5.19. The number of hydrogen-bond donors (Lipinski definition) is 1. The number of unbranched alkanes of at least 4 members (excludes halogenated alkanes) is 11. The van der Waals surface area contributed by atoms with Gasteiger partial charge in [-0.25, -0.2) is 9.59 Å². The van der Waals surface area contributed by atoms with Crippen LogP contribution in [0.25, 0.3) is 0 Å². The fourth-order valence-electron chi connectivity index (χ4n) is 2.76. The van der Waals surface area contributed by atoms with Gasteiger partial charge in [0.15, 0.2) is 0 Å².